The molecule has 100 valence electrons. The zero-order valence-electron chi connectivity index (χ0n) is 10.9. The Labute approximate surface area is 107 Å². The number of rotatable bonds is 1. The van der Waals surface area contributed by atoms with Crippen molar-refractivity contribution in [2.75, 3.05) is 46.4 Å². The van der Waals surface area contributed by atoms with E-state index in [9.17, 15) is 9.59 Å². The number of carbonyl (C=O) groups is 2. The Bertz CT molecular complexity index is 378. The second-order valence-electron chi connectivity index (χ2n) is 4.58. The van der Waals surface area contributed by atoms with Crippen LogP contribution in [0.5, 0.6) is 0 Å². The Kier molecular flexibility index (Phi) is 3.86. The summed E-state index contributed by atoms with van der Waals surface area (Å²) in [5, 5.41) is 3.13. The minimum atomic E-state index is -0.319. The lowest BCUT2D eigenvalue weighted by Gasteiger charge is -2.35. The van der Waals surface area contributed by atoms with Crippen molar-refractivity contribution in [1.29, 1.82) is 0 Å². The van der Waals surface area contributed by atoms with Crippen LogP contribution in [-0.2, 0) is 9.53 Å². The Morgan fingerprint density at radius 2 is 1.67 bits per heavy atom. The van der Waals surface area contributed by atoms with Crippen LogP contribution >= 0.6 is 0 Å². The molecule has 6 heteroatoms. The molecule has 0 atom stereocenters. The molecule has 0 aromatic rings. The minimum Gasteiger partial charge on any atom is -0.453 e. The number of hydrogen-bond donors (Lipinski definition) is 1. The lowest BCUT2D eigenvalue weighted by molar-refractivity contribution is -0.128. The Morgan fingerprint density at radius 3 is 2.11 bits per heavy atom. The quantitative estimate of drug-likeness (QED) is 0.658. The van der Waals surface area contributed by atoms with Gasteiger partial charge in [-0.15, -0.1) is 0 Å². The Balaban J connectivity index is 1.90. The van der Waals surface area contributed by atoms with Gasteiger partial charge in [-0.1, -0.05) is 0 Å². The summed E-state index contributed by atoms with van der Waals surface area (Å²) in [7, 11) is 1.37. The first-order valence-electron chi connectivity index (χ1n) is 6.15. The molecule has 2 aliphatic heterocycles. The second-order valence-corrected chi connectivity index (χ2v) is 4.58. The molecule has 0 aromatic carbocycles. The fourth-order valence-electron chi connectivity index (χ4n) is 2.12. The molecule has 0 saturated carbocycles. The molecule has 2 amide bonds. The SMILES string of the molecule is COC(=O)N1CCN(C(=O)C(C)=C2CNC2)CC1. The van der Waals surface area contributed by atoms with E-state index in [0.29, 0.717) is 26.2 Å². The van der Waals surface area contributed by atoms with E-state index >= 15 is 0 Å². The molecule has 0 bridgehead atoms. The molecule has 0 aliphatic carbocycles. The summed E-state index contributed by atoms with van der Waals surface area (Å²) in [6, 6.07) is 0. The highest BCUT2D eigenvalue weighted by Crippen LogP contribution is 2.13. The van der Waals surface area contributed by atoms with Crippen LogP contribution in [0.4, 0.5) is 4.79 Å². The van der Waals surface area contributed by atoms with Crippen LogP contribution in [0.3, 0.4) is 0 Å². The highest BCUT2D eigenvalue weighted by molar-refractivity contribution is 5.94. The van der Waals surface area contributed by atoms with E-state index in [2.05, 4.69) is 10.1 Å². The van der Waals surface area contributed by atoms with E-state index in [1.807, 2.05) is 6.92 Å². The lowest BCUT2D eigenvalue weighted by Crippen LogP contribution is -2.51. The summed E-state index contributed by atoms with van der Waals surface area (Å²) >= 11 is 0. The first-order chi connectivity index (χ1) is 8.63. The third-order valence-corrected chi connectivity index (χ3v) is 3.53. The third-order valence-electron chi connectivity index (χ3n) is 3.53. The number of ether oxygens (including phenoxy) is 1. The second kappa shape index (κ2) is 5.39. The molecule has 0 spiro atoms. The molecule has 18 heavy (non-hydrogen) atoms. The number of hydrogen-bond acceptors (Lipinski definition) is 4. The number of carbonyl (C=O) groups excluding carboxylic acids is 2. The maximum absolute atomic E-state index is 12.2. The molecule has 2 saturated heterocycles. The van der Waals surface area contributed by atoms with Crippen molar-refractivity contribution < 1.29 is 14.3 Å². The number of amides is 2. The van der Waals surface area contributed by atoms with Crippen LogP contribution in [0.25, 0.3) is 0 Å². The van der Waals surface area contributed by atoms with Crippen molar-refractivity contribution in [2.45, 2.75) is 6.92 Å². The van der Waals surface area contributed by atoms with Gasteiger partial charge in [0, 0.05) is 44.8 Å². The topological polar surface area (TPSA) is 61.9 Å². The molecular weight excluding hydrogens is 234 g/mol. The van der Waals surface area contributed by atoms with Crippen LogP contribution in [0.15, 0.2) is 11.1 Å². The van der Waals surface area contributed by atoms with Crippen molar-refractivity contribution in [3.63, 3.8) is 0 Å². The summed E-state index contributed by atoms with van der Waals surface area (Å²) in [6.45, 7) is 5.75. The largest absolute Gasteiger partial charge is 0.453 e. The van der Waals surface area contributed by atoms with Crippen molar-refractivity contribution in [2.24, 2.45) is 0 Å². The molecule has 0 unspecified atom stereocenters. The van der Waals surface area contributed by atoms with Crippen LogP contribution in [-0.4, -0.2) is 68.2 Å². The normalized spacial score (nSPS) is 19.3. The van der Waals surface area contributed by atoms with Crippen LogP contribution < -0.4 is 5.32 Å². The van der Waals surface area contributed by atoms with E-state index in [-0.39, 0.29) is 12.0 Å². The molecule has 6 nitrogen and oxygen atoms in total. The highest BCUT2D eigenvalue weighted by Gasteiger charge is 2.26. The van der Waals surface area contributed by atoms with Crippen LogP contribution in [0.1, 0.15) is 6.92 Å². The van der Waals surface area contributed by atoms with E-state index in [0.717, 1.165) is 18.7 Å². The lowest BCUT2D eigenvalue weighted by atomic mass is 10.0. The Hall–Kier alpha value is -1.56. The maximum Gasteiger partial charge on any atom is 0.409 e. The van der Waals surface area contributed by atoms with Gasteiger partial charge >= 0.3 is 6.09 Å². The van der Waals surface area contributed by atoms with Crippen molar-refractivity contribution in [1.82, 2.24) is 15.1 Å². The van der Waals surface area contributed by atoms with Gasteiger partial charge in [0.15, 0.2) is 0 Å². The summed E-state index contributed by atoms with van der Waals surface area (Å²) in [4.78, 5) is 26.9. The van der Waals surface area contributed by atoms with Gasteiger partial charge in [-0.05, 0) is 12.5 Å². The average Bonchev–Trinajstić information content (AvgIpc) is 2.35. The number of nitrogens with zero attached hydrogens (tertiary/aromatic N) is 2. The van der Waals surface area contributed by atoms with E-state index in [1.165, 1.54) is 12.7 Å². The first kappa shape index (κ1) is 12.9. The standard InChI is InChI=1S/C12H19N3O3/c1-9(10-7-13-8-10)11(16)14-3-5-15(6-4-14)12(17)18-2/h13H,3-8H2,1-2H3. The zero-order valence-corrected chi connectivity index (χ0v) is 10.9. The van der Waals surface area contributed by atoms with E-state index in [4.69, 9.17) is 0 Å². The summed E-state index contributed by atoms with van der Waals surface area (Å²) < 4.78 is 4.66. The fraction of sp³-hybridized carbons (Fsp3) is 0.667. The molecule has 1 N–H and O–H groups in total. The molecule has 2 fully saturated rings. The van der Waals surface area contributed by atoms with Crippen molar-refractivity contribution in [3.8, 4) is 0 Å². The predicted molar refractivity (Wildman–Crippen MR) is 66.1 cm³/mol. The molecule has 2 heterocycles. The first-order valence-corrected chi connectivity index (χ1v) is 6.15. The van der Waals surface area contributed by atoms with Crippen LogP contribution in [0.2, 0.25) is 0 Å². The minimum absolute atomic E-state index is 0.0935. The van der Waals surface area contributed by atoms with Crippen molar-refractivity contribution in [3.05, 3.63) is 11.1 Å². The smallest absolute Gasteiger partial charge is 0.409 e. The van der Waals surface area contributed by atoms with Gasteiger partial charge in [-0.3, -0.25) is 4.79 Å². The molecular formula is C12H19N3O3. The van der Waals surface area contributed by atoms with Gasteiger partial charge in [0.25, 0.3) is 0 Å². The van der Waals surface area contributed by atoms with Gasteiger partial charge in [-0.2, -0.15) is 0 Å². The highest BCUT2D eigenvalue weighted by atomic mass is 16.5. The maximum atomic E-state index is 12.2. The van der Waals surface area contributed by atoms with Gasteiger partial charge in [0.05, 0.1) is 7.11 Å². The van der Waals surface area contributed by atoms with Gasteiger partial charge in [0.1, 0.15) is 0 Å². The number of piperazine rings is 1. The summed E-state index contributed by atoms with van der Waals surface area (Å²) in [6.07, 6.45) is -0.319. The number of nitrogens with one attached hydrogen (secondary N) is 1. The monoisotopic (exact) mass is 253 g/mol. The zero-order chi connectivity index (χ0) is 13.1. The van der Waals surface area contributed by atoms with E-state index < -0.39 is 0 Å². The van der Waals surface area contributed by atoms with Crippen molar-refractivity contribution >= 4 is 12.0 Å². The average molecular weight is 253 g/mol. The molecule has 2 aliphatic rings. The molecule has 0 radical (unpaired) electrons. The fourth-order valence-corrected chi connectivity index (χ4v) is 2.12. The summed E-state index contributed by atoms with van der Waals surface area (Å²) in [5.41, 5.74) is 2.04. The van der Waals surface area contributed by atoms with Gasteiger partial charge < -0.3 is 19.9 Å². The van der Waals surface area contributed by atoms with Gasteiger partial charge in [-0.25, -0.2) is 4.79 Å². The van der Waals surface area contributed by atoms with Crippen LogP contribution in [0, 0.1) is 0 Å². The van der Waals surface area contributed by atoms with E-state index in [1.54, 1.807) is 9.80 Å². The molecule has 2 rings (SSSR count). The molecule has 0 aromatic heterocycles. The number of methoxy groups -OCH3 is 1. The van der Waals surface area contributed by atoms with Gasteiger partial charge in [0.2, 0.25) is 5.91 Å². The Morgan fingerprint density at radius 1 is 1.11 bits per heavy atom. The predicted octanol–water partition coefficient (Wildman–Crippen LogP) is -0.183. The summed E-state index contributed by atoms with van der Waals surface area (Å²) in [5.74, 6) is 0.0935. The third kappa shape index (κ3) is 2.48.